The van der Waals surface area contributed by atoms with E-state index in [1.165, 1.54) is 0 Å². The first-order valence-electron chi connectivity index (χ1n) is 8.78. The largest absolute Gasteiger partial charge is 0.493 e. The van der Waals surface area contributed by atoms with Crippen molar-refractivity contribution in [2.45, 2.75) is 32.7 Å². The van der Waals surface area contributed by atoms with Gasteiger partial charge in [0.05, 0.1) is 27.8 Å². The summed E-state index contributed by atoms with van der Waals surface area (Å²) in [5.41, 5.74) is 0.835. The average molecular weight is 350 g/mol. The van der Waals surface area contributed by atoms with Crippen LogP contribution in [-0.2, 0) is 11.2 Å². The molecule has 0 spiro atoms. The van der Waals surface area contributed by atoms with Crippen LogP contribution < -0.4 is 19.5 Å². The van der Waals surface area contributed by atoms with E-state index in [0.29, 0.717) is 29.2 Å². The SMILES string of the molecule is COc1cc(CC(=O)NCC2CCN(C(C)C)C2)cc(OC)c1OC. The Bertz CT molecular complexity index is 564. The van der Waals surface area contributed by atoms with E-state index in [9.17, 15) is 4.79 Å². The smallest absolute Gasteiger partial charge is 0.224 e. The number of amides is 1. The molecule has 1 N–H and O–H groups in total. The molecular formula is C19H30N2O4. The zero-order valence-electron chi connectivity index (χ0n) is 15.9. The van der Waals surface area contributed by atoms with Gasteiger partial charge in [-0.05, 0) is 50.4 Å². The number of likely N-dealkylation sites (tertiary alicyclic amines) is 1. The van der Waals surface area contributed by atoms with E-state index in [1.807, 2.05) is 12.1 Å². The first kappa shape index (κ1) is 19.4. The van der Waals surface area contributed by atoms with Gasteiger partial charge >= 0.3 is 0 Å². The molecule has 1 unspecified atom stereocenters. The summed E-state index contributed by atoms with van der Waals surface area (Å²) in [7, 11) is 4.71. The molecule has 6 nitrogen and oxygen atoms in total. The van der Waals surface area contributed by atoms with Crippen LogP contribution in [0.5, 0.6) is 17.2 Å². The minimum Gasteiger partial charge on any atom is -0.493 e. The third-order valence-electron chi connectivity index (χ3n) is 4.72. The van der Waals surface area contributed by atoms with E-state index in [4.69, 9.17) is 14.2 Å². The quantitative estimate of drug-likeness (QED) is 0.778. The number of nitrogens with one attached hydrogen (secondary N) is 1. The second kappa shape index (κ2) is 8.94. The zero-order chi connectivity index (χ0) is 18.4. The molecule has 0 radical (unpaired) electrons. The van der Waals surface area contributed by atoms with Crippen molar-refractivity contribution < 1.29 is 19.0 Å². The van der Waals surface area contributed by atoms with Crippen LogP contribution in [-0.4, -0.2) is 57.8 Å². The Kier molecular flexibility index (Phi) is 6.93. The third-order valence-corrected chi connectivity index (χ3v) is 4.72. The number of rotatable bonds is 8. The van der Waals surface area contributed by atoms with Crippen molar-refractivity contribution in [2.75, 3.05) is 41.0 Å². The summed E-state index contributed by atoms with van der Waals surface area (Å²) in [5.74, 6) is 2.21. The molecule has 0 aromatic heterocycles. The van der Waals surface area contributed by atoms with Crippen LogP contribution in [0.25, 0.3) is 0 Å². The summed E-state index contributed by atoms with van der Waals surface area (Å²) < 4.78 is 16.0. The van der Waals surface area contributed by atoms with Crippen LogP contribution in [0.2, 0.25) is 0 Å². The van der Waals surface area contributed by atoms with E-state index in [-0.39, 0.29) is 12.3 Å². The average Bonchev–Trinajstić information content (AvgIpc) is 3.08. The van der Waals surface area contributed by atoms with Crippen molar-refractivity contribution in [3.05, 3.63) is 17.7 Å². The topological polar surface area (TPSA) is 60.0 Å². The molecule has 1 atom stereocenters. The minimum atomic E-state index is 0.0114. The number of benzene rings is 1. The van der Waals surface area contributed by atoms with Gasteiger partial charge in [0, 0.05) is 19.1 Å². The van der Waals surface area contributed by atoms with Gasteiger partial charge in [-0.25, -0.2) is 0 Å². The molecule has 1 saturated heterocycles. The summed E-state index contributed by atoms with van der Waals surface area (Å²) in [4.78, 5) is 14.8. The Morgan fingerprint density at radius 3 is 2.32 bits per heavy atom. The van der Waals surface area contributed by atoms with Gasteiger partial charge in [0.25, 0.3) is 0 Å². The summed E-state index contributed by atoms with van der Waals surface area (Å²) in [6.45, 7) is 7.33. The number of methoxy groups -OCH3 is 3. The molecule has 1 aromatic carbocycles. The fourth-order valence-electron chi connectivity index (χ4n) is 3.24. The first-order chi connectivity index (χ1) is 12.0. The van der Waals surface area contributed by atoms with E-state index < -0.39 is 0 Å². The number of ether oxygens (including phenoxy) is 3. The predicted molar refractivity (Wildman–Crippen MR) is 97.6 cm³/mol. The van der Waals surface area contributed by atoms with Gasteiger partial charge in [-0.3, -0.25) is 4.79 Å². The van der Waals surface area contributed by atoms with Crippen LogP contribution in [0.3, 0.4) is 0 Å². The summed E-state index contributed by atoms with van der Waals surface area (Å²) >= 11 is 0. The van der Waals surface area contributed by atoms with Crippen molar-refractivity contribution in [3.63, 3.8) is 0 Å². The highest BCUT2D eigenvalue weighted by atomic mass is 16.5. The molecule has 1 amide bonds. The number of carbonyl (C=O) groups excluding carboxylic acids is 1. The first-order valence-corrected chi connectivity index (χ1v) is 8.78. The van der Waals surface area contributed by atoms with Gasteiger partial charge in [0.2, 0.25) is 11.7 Å². The summed E-state index contributed by atoms with van der Waals surface area (Å²) in [6, 6.07) is 4.20. The molecule has 1 heterocycles. The molecule has 140 valence electrons. The molecule has 1 aromatic rings. The van der Waals surface area contributed by atoms with Crippen molar-refractivity contribution >= 4 is 5.91 Å². The molecule has 0 aliphatic carbocycles. The highest BCUT2D eigenvalue weighted by molar-refractivity contribution is 5.79. The van der Waals surface area contributed by atoms with Gasteiger partial charge < -0.3 is 24.4 Å². The highest BCUT2D eigenvalue weighted by Crippen LogP contribution is 2.38. The standard InChI is InChI=1S/C19H30N2O4/c1-13(2)21-7-6-14(12-21)11-20-18(22)10-15-8-16(23-3)19(25-5)17(9-15)24-4/h8-9,13-14H,6-7,10-12H2,1-5H3,(H,20,22). The van der Waals surface area contributed by atoms with E-state index in [0.717, 1.165) is 31.6 Å². The Morgan fingerprint density at radius 1 is 1.20 bits per heavy atom. The van der Waals surface area contributed by atoms with Gasteiger partial charge in [-0.2, -0.15) is 0 Å². The fourth-order valence-corrected chi connectivity index (χ4v) is 3.24. The van der Waals surface area contributed by atoms with Crippen molar-refractivity contribution in [1.82, 2.24) is 10.2 Å². The molecule has 6 heteroatoms. The molecular weight excluding hydrogens is 320 g/mol. The Labute approximate surface area is 150 Å². The Morgan fingerprint density at radius 2 is 1.84 bits per heavy atom. The Hall–Kier alpha value is -1.95. The van der Waals surface area contributed by atoms with Crippen LogP contribution in [0.4, 0.5) is 0 Å². The Balaban J connectivity index is 1.92. The highest BCUT2D eigenvalue weighted by Gasteiger charge is 2.24. The van der Waals surface area contributed by atoms with Gasteiger partial charge in [0.15, 0.2) is 11.5 Å². The third kappa shape index (κ3) is 5.01. The lowest BCUT2D eigenvalue weighted by atomic mass is 10.1. The second-order valence-corrected chi connectivity index (χ2v) is 6.76. The maximum atomic E-state index is 12.3. The maximum absolute atomic E-state index is 12.3. The van der Waals surface area contributed by atoms with E-state index in [2.05, 4.69) is 24.1 Å². The lowest BCUT2D eigenvalue weighted by Crippen LogP contribution is -2.33. The molecule has 1 aliphatic rings. The lowest BCUT2D eigenvalue weighted by molar-refractivity contribution is -0.120. The molecule has 2 rings (SSSR count). The monoisotopic (exact) mass is 350 g/mol. The molecule has 25 heavy (non-hydrogen) atoms. The number of carbonyl (C=O) groups is 1. The summed E-state index contributed by atoms with van der Waals surface area (Å²) in [6.07, 6.45) is 1.43. The van der Waals surface area contributed by atoms with Crippen LogP contribution >= 0.6 is 0 Å². The number of nitrogens with zero attached hydrogens (tertiary/aromatic N) is 1. The molecule has 1 fully saturated rings. The molecule has 1 aliphatic heterocycles. The summed E-state index contributed by atoms with van der Waals surface area (Å²) in [5, 5.41) is 3.06. The van der Waals surface area contributed by atoms with Crippen LogP contribution in [0, 0.1) is 5.92 Å². The van der Waals surface area contributed by atoms with E-state index >= 15 is 0 Å². The van der Waals surface area contributed by atoms with Gasteiger partial charge in [0.1, 0.15) is 0 Å². The fraction of sp³-hybridized carbons (Fsp3) is 0.632. The van der Waals surface area contributed by atoms with Crippen molar-refractivity contribution in [3.8, 4) is 17.2 Å². The van der Waals surface area contributed by atoms with Gasteiger partial charge in [-0.1, -0.05) is 0 Å². The van der Waals surface area contributed by atoms with Crippen LogP contribution in [0.1, 0.15) is 25.8 Å². The minimum absolute atomic E-state index is 0.0114. The predicted octanol–water partition coefficient (Wildman–Crippen LogP) is 2.10. The normalized spacial score (nSPS) is 17.6. The number of hydrogen-bond acceptors (Lipinski definition) is 5. The van der Waals surface area contributed by atoms with E-state index in [1.54, 1.807) is 21.3 Å². The molecule has 0 saturated carbocycles. The van der Waals surface area contributed by atoms with Crippen molar-refractivity contribution in [1.29, 1.82) is 0 Å². The zero-order valence-corrected chi connectivity index (χ0v) is 15.9. The van der Waals surface area contributed by atoms with Crippen molar-refractivity contribution in [2.24, 2.45) is 5.92 Å². The second-order valence-electron chi connectivity index (χ2n) is 6.76. The van der Waals surface area contributed by atoms with Crippen LogP contribution in [0.15, 0.2) is 12.1 Å². The maximum Gasteiger partial charge on any atom is 0.224 e. The van der Waals surface area contributed by atoms with Gasteiger partial charge in [-0.15, -0.1) is 0 Å². The lowest BCUT2D eigenvalue weighted by Gasteiger charge is -2.20. The molecule has 0 bridgehead atoms. The number of hydrogen-bond donors (Lipinski definition) is 1.